The fourth-order valence-corrected chi connectivity index (χ4v) is 2.38. The smallest absolute Gasteiger partial charge is 0.274 e. The molecule has 0 aliphatic carbocycles. The third kappa shape index (κ3) is 4.31. The Hall–Kier alpha value is -2.36. The van der Waals surface area contributed by atoms with Gasteiger partial charge in [0.15, 0.2) is 0 Å². The molecule has 0 spiro atoms. The first-order valence-electron chi connectivity index (χ1n) is 8.17. The lowest BCUT2D eigenvalue weighted by Gasteiger charge is -2.14. The number of rotatable bonds is 6. The molecule has 0 aliphatic heterocycles. The monoisotopic (exact) mass is 311 g/mol. The topological polar surface area (TPSA) is 54.0 Å². The molecule has 0 fully saturated rings. The van der Waals surface area contributed by atoms with Crippen molar-refractivity contribution in [3.8, 4) is 0 Å². The molecule has 1 aromatic heterocycles. The van der Waals surface area contributed by atoms with Gasteiger partial charge in [0, 0.05) is 11.7 Å². The summed E-state index contributed by atoms with van der Waals surface area (Å²) in [6.07, 6.45) is 3.62. The van der Waals surface area contributed by atoms with Crippen molar-refractivity contribution >= 4 is 17.3 Å². The van der Waals surface area contributed by atoms with Gasteiger partial charge in [0.1, 0.15) is 5.69 Å². The average Bonchev–Trinajstić information content (AvgIpc) is 2.57. The molecule has 1 unspecified atom stereocenters. The molecule has 0 radical (unpaired) electrons. The van der Waals surface area contributed by atoms with E-state index < -0.39 is 0 Å². The zero-order valence-corrected chi connectivity index (χ0v) is 14.3. The zero-order valence-electron chi connectivity index (χ0n) is 14.3. The third-order valence-corrected chi connectivity index (χ3v) is 4.00. The van der Waals surface area contributed by atoms with Crippen molar-refractivity contribution < 1.29 is 4.79 Å². The molecule has 4 heteroatoms. The molecule has 0 aliphatic rings. The first-order valence-corrected chi connectivity index (χ1v) is 8.17. The van der Waals surface area contributed by atoms with Gasteiger partial charge in [-0.2, -0.15) is 0 Å². The Kier molecular flexibility index (Phi) is 5.74. The molecule has 23 heavy (non-hydrogen) atoms. The number of benzene rings is 1. The Labute approximate surface area is 138 Å². The zero-order chi connectivity index (χ0) is 16.8. The van der Waals surface area contributed by atoms with E-state index in [-0.39, 0.29) is 5.91 Å². The van der Waals surface area contributed by atoms with Crippen LogP contribution in [-0.4, -0.2) is 16.9 Å². The minimum atomic E-state index is -0.177. The maximum atomic E-state index is 12.4. The number of amides is 1. The third-order valence-electron chi connectivity index (χ3n) is 4.00. The second-order valence-corrected chi connectivity index (χ2v) is 5.80. The number of aryl methyl sites for hydroxylation is 2. The molecule has 4 nitrogen and oxygen atoms in total. The summed E-state index contributed by atoms with van der Waals surface area (Å²) in [5.41, 5.74) is 4.44. The second-order valence-electron chi connectivity index (χ2n) is 5.80. The molecule has 2 rings (SSSR count). The van der Waals surface area contributed by atoms with Crippen LogP contribution in [0.3, 0.4) is 0 Å². The van der Waals surface area contributed by atoms with Crippen LogP contribution in [0.15, 0.2) is 36.5 Å². The molecular weight excluding hydrogens is 286 g/mol. The van der Waals surface area contributed by atoms with Crippen molar-refractivity contribution in [3.05, 3.63) is 53.3 Å². The van der Waals surface area contributed by atoms with Crippen molar-refractivity contribution in [2.24, 2.45) is 0 Å². The number of carbonyl (C=O) groups is 1. The summed E-state index contributed by atoms with van der Waals surface area (Å²) in [6.45, 7) is 8.32. The van der Waals surface area contributed by atoms with Gasteiger partial charge in [-0.3, -0.25) is 4.79 Å². The van der Waals surface area contributed by atoms with Crippen LogP contribution in [0.4, 0.5) is 11.4 Å². The van der Waals surface area contributed by atoms with E-state index >= 15 is 0 Å². The van der Waals surface area contributed by atoms with Gasteiger partial charge in [-0.05, 0) is 49.9 Å². The predicted molar refractivity (Wildman–Crippen MR) is 96.1 cm³/mol. The van der Waals surface area contributed by atoms with Crippen LogP contribution in [-0.2, 0) is 6.42 Å². The van der Waals surface area contributed by atoms with E-state index in [0.717, 1.165) is 35.3 Å². The summed E-state index contributed by atoms with van der Waals surface area (Å²) in [5.74, 6) is -0.177. The van der Waals surface area contributed by atoms with Gasteiger partial charge in [0.25, 0.3) is 5.91 Å². The van der Waals surface area contributed by atoms with E-state index in [1.54, 1.807) is 12.3 Å². The van der Waals surface area contributed by atoms with E-state index in [4.69, 9.17) is 0 Å². The fraction of sp³-hybridized carbons (Fsp3) is 0.368. The predicted octanol–water partition coefficient (Wildman–Crippen LogP) is 4.42. The maximum absolute atomic E-state index is 12.4. The van der Waals surface area contributed by atoms with Crippen LogP contribution in [0, 0.1) is 6.92 Å². The number of pyridine rings is 1. The van der Waals surface area contributed by atoms with Crippen molar-refractivity contribution in [1.82, 2.24) is 4.98 Å². The molecule has 122 valence electrons. The van der Waals surface area contributed by atoms with Crippen molar-refractivity contribution in [2.75, 3.05) is 10.6 Å². The molecule has 0 saturated carbocycles. The number of nitrogens with one attached hydrogen (secondary N) is 2. The van der Waals surface area contributed by atoms with Crippen molar-refractivity contribution in [2.45, 2.75) is 46.6 Å². The molecule has 0 bridgehead atoms. The summed E-state index contributed by atoms with van der Waals surface area (Å²) in [7, 11) is 0. The van der Waals surface area contributed by atoms with Crippen LogP contribution in [0.5, 0.6) is 0 Å². The molecular formula is C19H25N3O. The Morgan fingerprint density at radius 1 is 1.22 bits per heavy atom. The van der Waals surface area contributed by atoms with Crippen LogP contribution >= 0.6 is 0 Å². The van der Waals surface area contributed by atoms with Crippen LogP contribution in [0.1, 0.15) is 48.8 Å². The lowest BCUT2D eigenvalue weighted by molar-refractivity contribution is 0.102. The average molecular weight is 311 g/mol. The van der Waals surface area contributed by atoms with Crippen LogP contribution in [0.25, 0.3) is 0 Å². The van der Waals surface area contributed by atoms with Gasteiger partial charge in [-0.25, -0.2) is 4.98 Å². The lowest BCUT2D eigenvalue weighted by atomic mass is 10.1. The summed E-state index contributed by atoms with van der Waals surface area (Å²) in [6, 6.07) is 10.1. The highest BCUT2D eigenvalue weighted by molar-refractivity contribution is 6.03. The molecule has 1 atom stereocenters. The van der Waals surface area contributed by atoms with Gasteiger partial charge in [0.2, 0.25) is 0 Å². The van der Waals surface area contributed by atoms with Crippen molar-refractivity contribution in [3.63, 3.8) is 0 Å². The van der Waals surface area contributed by atoms with E-state index in [0.29, 0.717) is 11.7 Å². The number of anilines is 2. The summed E-state index contributed by atoms with van der Waals surface area (Å²) in [5, 5.41) is 6.34. The minimum Gasteiger partial charge on any atom is -0.381 e. The number of para-hydroxylation sites is 1. The summed E-state index contributed by atoms with van der Waals surface area (Å²) >= 11 is 0. The standard InChI is InChI=1S/C19H25N3O/c1-5-14(4)21-16-10-11-17(20-12-16)19(23)22-18-13(3)8-7-9-15(18)6-2/h7-12,14,21H,5-6H2,1-4H3,(H,22,23). The normalized spacial score (nSPS) is 11.8. The highest BCUT2D eigenvalue weighted by Gasteiger charge is 2.12. The first kappa shape index (κ1) is 17.0. The number of hydrogen-bond acceptors (Lipinski definition) is 3. The molecule has 1 heterocycles. The maximum Gasteiger partial charge on any atom is 0.274 e. The molecule has 1 aromatic carbocycles. The fourth-order valence-electron chi connectivity index (χ4n) is 2.38. The number of aromatic nitrogens is 1. The Bertz CT molecular complexity index is 665. The highest BCUT2D eigenvalue weighted by Crippen LogP contribution is 2.21. The Morgan fingerprint density at radius 3 is 2.61 bits per heavy atom. The molecule has 2 aromatic rings. The minimum absolute atomic E-state index is 0.177. The molecule has 2 N–H and O–H groups in total. The van der Waals surface area contributed by atoms with E-state index in [1.807, 2.05) is 31.2 Å². The van der Waals surface area contributed by atoms with Gasteiger partial charge < -0.3 is 10.6 Å². The van der Waals surface area contributed by atoms with Gasteiger partial charge in [0.05, 0.1) is 11.9 Å². The molecule has 0 saturated heterocycles. The Morgan fingerprint density at radius 2 is 2.00 bits per heavy atom. The molecule has 1 amide bonds. The van der Waals surface area contributed by atoms with Crippen LogP contribution in [0.2, 0.25) is 0 Å². The largest absolute Gasteiger partial charge is 0.381 e. The van der Waals surface area contributed by atoms with Gasteiger partial charge >= 0.3 is 0 Å². The van der Waals surface area contributed by atoms with Crippen LogP contribution < -0.4 is 10.6 Å². The number of nitrogens with zero attached hydrogens (tertiary/aromatic N) is 1. The number of carbonyl (C=O) groups excluding carboxylic acids is 1. The van der Waals surface area contributed by atoms with Crippen molar-refractivity contribution in [1.29, 1.82) is 0 Å². The van der Waals surface area contributed by atoms with E-state index in [2.05, 4.69) is 36.4 Å². The number of hydrogen-bond donors (Lipinski definition) is 2. The SMILES string of the molecule is CCc1cccc(C)c1NC(=O)c1ccc(NC(C)CC)cn1. The highest BCUT2D eigenvalue weighted by atomic mass is 16.1. The Balaban J connectivity index is 2.12. The first-order chi connectivity index (χ1) is 11.0. The quantitative estimate of drug-likeness (QED) is 0.830. The van der Waals surface area contributed by atoms with E-state index in [1.165, 1.54) is 0 Å². The van der Waals surface area contributed by atoms with E-state index in [9.17, 15) is 4.79 Å². The van der Waals surface area contributed by atoms with Gasteiger partial charge in [-0.15, -0.1) is 0 Å². The summed E-state index contributed by atoms with van der Waals surface area (Å²) in [4.78, 5) is 16.7. The lowest BCUT2D eigenvalue weighted by Crippen LogP contribution is -2.17. The van der Waals surface area contributed by atoms with Gasteiger partial charge in [-0.1, -0.05) is 32.0 Å². The second kappa shape index (κ2) is 7.77. The summed E-state index contributed by atoms with van der Waals surface area (Å²) < 4.78 is 0.